The van der Waals surface area contributed by atoms with Crippen molar-refractivity contribution in [2.75, 3.05) is 0 Å². The predicted molar refractivity (Wildman–Crippen MR) is 123 cm³/mol. The number of ether oxygens (including phenoxy) is 5. The lowest BCUT2D eigenvalue weighted by Gasteiger charge is -2.33. The van der Waals surface area contributed by atoms with Crippen molar-refractivity contribution in [1.82, 2.24) is 0 Å². The van der Waals surface area contributed by atoms with E-state index in [1.165, 1.54) is 0 Å². The molecule has 0 aromatic carbocycles. The Morgan fingerprint density at radius 1 is 0.290 bits per heavy atom. The van der Waals surface area contributed by atoms with Crippen LogP contribution in [0.2, 0.25) is 0 Å². The smallest absolute Gasteiger partial charge is 0.0811 e. The summed E-state index contributed by atoms with van der Waals surface area (Å²) >= 11 is 0. The number of aliphatic hydroxyl groups is 2. The molecule has 12 atom stereocenters. The molecule has 7 heteroatoms. The molecule has 2 N–H and O–H groups in total. The fourth-order valence-electron chi connectivity index (χ4n) is 2.81. The quantitative estimate of drug-likeness (QED) is 0.371. The van der Waals surface area contributed by atoms with Gasteiger partial charge >= 0.3 is 0 Å². The highest BCUT2D eigenvalue weighted by Crippen LogP contribution is 2.18. The number of hydrogen-bond acceptors (Lipinski definition) is 7. The van der Waals surface area contributed by atoms with Crippen molar-refractivity contribution in [2.45, 2.75) is 156 Å². The molecule has 7 nitrogen and oxygen atoms in total. The van der Waals surface area contributed by atoms with Gasteiger partial charge in [0, 0.05) is 0 Å². The molecule has 0 heterocycles. The summed E-state index contributed by atoms with van der Waals surface area (Å²) in [7, 11) is 0. The van der Waals surface area contributed by atoms with E-state index in [2.05, 4.69) is 0 Å². The Morgan fingerprint density at radius 2 is 0.419 bits per heavy atom. The van der Waals surface area contributed by atoms with Gasteiger partial charge in [-0.2, -0.15) is 0 Å². The highest BCUT2D eigenvalue weighted by molar-refractivity contribution is 4.73. The van der Waals surface area contributed by atoms with Gasteiger partial charge in [-0.15, -0.1) is 0 Å². The van der Waals surface area contributed by atoms with Crippen molar-refractivity contribution in [1.29, 1.82) is 0 Å². The van der Waals surface area contributed by atoms with Gasteiger partial charge in [0.05, 0.1) is 73.2 Å². The Balaban J connectivity index is 4.53. The molecule has 0 aromatic heterocycles. The van der Waals surface area contributed by atoms with Gasteiger partial charge in [-0.25, -0.2) is 0 Å². The van der Waals surface area contributed by atoms with Crippen LogP contribution in [-0.4, -0.2) is 83.5 Å². The fraction of sp³-hybridized carbons (Fsp3) is 1.00. The first-order chi connectivity index (χ1) is 14.2. The Hall–Kier alpha value is -0.280. The maximum Gasteiger partial charge on any atom is 0.0811 e. The van der Waals surface area contributed by atoms with E-state index in [0.29, 0.717) is 0 Å². The van der Waals surface area contributed by atoms with Gasteiger partial charge in [0.1, 0.15) is 0 Å². The largest absolute Gasteiger partial charge is 0.391 e. The van der Waals surface area contributed by atoms with Crippen molar-refractivity contribution in [3.05, 3.63) is 0 Å². The van der Waals surface area contributed by atoms with Crippen LogP contribution in [0.25, 0.3) is 0 Å². The van der Waals surface area contributed by atoms with Crippen LogP contribution in [0, 0.1) is 0 Å². The summed E-state index contributed by atoms with van der Waals surface area (Å²) < 4.78 is 30.0. The second kappa shape index (κ2) is 14.8. The van der Waals surface area contributed by atoms with E-state index in [-0.39, 0.29) is 61.0 Å². The maximum absolute atomic E-state index is 9.62. The minimum absolute atomic E-state index is 0.135. The molecule has 0 rings (SSSR count). The summed E-state index contributed by atoms with van der Waals surface area (Å²) in [6.07, 6.45) is -2.66. The van der Waals surface area contributed by atoms with Crippen LogP contribution in [0.4, 0.5) is 0 Å². The highest BCUT2D eigenvalue weighted by atomic mass is 16.6. The third-order valence-corrected chi connectivity index (χ3v) is 6.15. The minimum atomic E-state index is -0.526. The Kier molecular flexibility index (Phi) is 14.7. The third kappa shape index (κ3) is 11.9. The first-order valence-electron chi connectivity index (χ1n) is 11.8. The maximum atomic E-state index is 9.62. The van der Waals surface area contributed by atoms with Crippen molar-refractivity contribution >= 4 is 0 Å². The van der Waals surface area contributed by atoms with E-state index in [0.717, 1.165) is 0 Å². The molecule has 31 heavy (non-hydrogen) atoms. The zero-order valence-corrected chi connectivity index (χ0v) is 21.9. The molecule has 0 aromatic rings. The third-order valence-electron chi connectivity index (χ3n) is 6.15. The molecule has 0 fully saturated rings. The molecule has 0 saturated carbocycles. The lowest BCUT2D eigenvalue weighted by molar-refractivity contribution is -0.178. The summed E-state index contributed by atoms with van der Waals surface area (Å²) in [6, 6.07) is 0. The van der Waals surface area contributed by atoms with Crippen LogP contribution >= 0.6 is 0 Å². The Morgan fingerprint density at radius 3 is 0.548 bits per heavy atom. The zero-order valence-electron chi connectivity index (χ0n) is 21.9. The van der Waals surface area contributed by atoms with Gasteiger partial charge in [0.25, 0.3) is 0 Å². The lowest BCUT2D eigenvalue weighted by atomic mass is 10.1. The normalized spacial score (nSPS) is 24.2. The molecule has 0 spiro atoms. The van der Waals surface area contributed by atoms with E-state index in [4.69, 9.17) is 23.7 Å². The highest BCUT2D eigenvalue weighted by Gasteiger charge is 2.27. The van der Waals surface area contributed by atoms with Gasteiger partial charge in [0.2, 0.25) is 0 Å². The van der Waals surface area contributed by atoms with Crippen LogP contribution in [0.1, 0.15) is 83.1 Å². The van der Waals surface area contributed by atoms with E-state index >= 15 is 0 Å². The van der Waals surface area contributed by atoms with E-state index < -0.39 is 12.2 Å². The second-order valence-electron chi connectivity index (χ2n) is 9.21. The van der Waals surface area contributed by atoms with Crippen molar-refractivity contribution in [3.8, 4) is 0 Å². The Labute approximate surface area is 190 Å². The summed E-state index contributed by atoms with van der Waals surface area (Å²) in [5.74, 6) is 0. The molecule has 0 saturated heterocycles. The minimum Gasteiger partial charge on any atom is -0.391 e. The number of hydrogen-bond donors (Lipinski definition) is 2. The van der Waals surface area contributed by atoms with E-state index in [1.54, 1.807) is 13.8 Å². The van der Waals surface area contributed by atoms with Crippen LogP contribution in [0.15, 0.2) is 0 Å². The zero-order chi connectivity index (χ0) is 24.5. The van der Waals surface area contributed by atoms with Gasteiger partial charge in [-0.1, -0.05) is 0 Å². The van der Waals surface area contributed by atoms with Gasteiger partial charge in [-0.05, 0) is 83.1 Å². The Bertz CT molecular complexity index is 419. The van der Waals surface area contributed by atoms with Gasteiger partial charge < -0.3 is 33.9 Å². The summed E-state index contributed by atoms with van der Waals surface area (Å²) in [5.41, 5.74) is 0. The standard InChI is InChI=1S/C24H50O7/c1-13(25)15(3)27-17(5)19(7)29-21(9)23(11)31-24(12)22(10)30-20(8)18(6)28-16(4)14(2)26/h13-26H,1-12H3. The molecule has 0 radical (unpaired) electrons. The molecule has 0 aliphatic carbocycles. The first kappa shape index (κ1) is 30.7. The van der Waals surface area contributed by atoms with Gasteiger partial charge in [-0.3, -0.25) is 0 Å². The molecular formula is C24H50O7. The fourth-order valence-corrected chi connectivity index (χ4v) is 2.81. The van der Waals surface area contributed by atoms with Crippen molar-refractivity contribution < 1.29 is 33.9 Å². The predicted octanol–water partition coefficient (Wildman–Crippen LogP) is 3.72. The van der Waals surface area contributed by atoms with Crippen molar-refractivity contribution in [2.24, 2.45) is 0 Å². The molecule has 0 amide bonds. The molecule has 0 aliphatic rings. The van der Waals surface area contributed by atoms with Crippen LogP contribution in [0.3, 0.4) is 0 Å². The van der Waals surface area contributed by atoms with Crippen LogP contribution in [-0.2, 0) is 23.7 Å². The summed E-state index contributed by atoms with van der Waals surface area (Å²) in [5, 5.41) is 19.2. The number of rotatable bonds is 16. The van der Waals surface area contributed by atoms with Crippen LogP contribution in [0.5, 0.6) is 0 Å². The number of aliphatic hydroxyl groups excluding tert-OH is 2. The molecule has 0 bridgehead atoms. The van der Waals surface area contributed by atoms with Gasteiger partial charge in [0.15, 0.2) is 0 Å². The summed E-state index contributed by atoms with van der Waals surface area (Å²) in [4.78, 5) is 0. The second-order valence-corrected chi connectivity index (χ2v) is 9.21. The molecule has 0 aliphatic heterocycles. The van der Waals surface area contributed by atoms with E-state index in [1.807, 2.05) is 69.2 Å². The van der Waals surface area contributed by atoms with E-state index in [9.17, 15) is 10.2 Å². The topological polar surface area (TPSA) is 86.6 Å². The average molecular weight is 451 g/mol. The first-order valence-corrected chi connectivity index (χ1v) is 11.8. The molecular weight excluding hydrogens is 400 g/mol. The molecule has 188 valence electrons. The summed E-state index contributed by atoms with van der Waals surface area (Å²) in [6.45, 7) is 22.9. The van der Waals surface area contributed by atoms with Crippen LogP contribution < -0.4 is 0 Å². The molecule has 12 unspecified atom stereocenters. The monoisotopic (exact) mass is 450 g/mol. The SMILES string of the molecule is CC(O)C(C)OC(C)C(C)OC(C)C(C)OC(C)C(C)OC(C)C(C)OC(C)C(C)O. The van der Waals surface area contributed by atoms with Crippen molar-refractivity contribution in [3.63, 3.8) is 0 Å². The lowest BCUT2D eigenvalue weighted by Crippen LogP contribution is -2.42. The average Bonchev–Trinajstić information content (AvgIpc) is 2.66.